The first-order valence-electron chi connectivity index (χ1n) is 3.48. The maximum atomic E-state index is 3.66. The van der Waals surface area contributed by atoms with E-state index in [1.807, 2.05) is 24.3 Å². The van der Waals surface area contributed by atoms with Crippen LogP contribution in [-0.4, -0.2) is 0 Å². The molecule has 1 nitrogen and oxygen atoms in total. The SMILES string of the molecule is C=CCC[n+]1ccccc1.[Br-]. The molecule has 0 radical (unpaired) electrons. The molecule has 0 saturated heterocycles. The number of allylic oxidation sites excluding steroid dienone is 1. The van der Waals surface area contributed by atoms with Crippen LogP contribution in [0, 0.1) is 0 Å². The zero-order valence-corrected chi connectivity index (χ0v) is 8.00. The first kappa shape index (κ1) is 10.4. The van der Waals surface area contributed by atoms with Crippen molar-refractivity contribution < 1.29 is 21.5 Å². The monoisotopic (exact) mass is 213 g/mol. The molecule has 0 N–H and O–H groups in total. The fourth-order valence-corrected chi connectivity index (χ4v) is 0.824. The molecule has 0 atom stereocenters. The van der Waals surface area contributed by atoms with E-state index >= 15 is 0 Å². The summed E-state index contributed by atoms with van der Waals surface area (Å²) in [4.78, 5) is 0. The maximum Gasteiger partial charge on any atom is 0.168 e. The topological polar surface area (TPSA) is 3.88 Å². The second-order valence-electron chi connectivity index (χ2n) is 2.19. The second kappa shape index (κ2) is 6.10. The molecule has 0 amide bonds. The molecule has 0 aliphatic heterocycles. The van der Waals surface area contributed by atoms with Crippen LogP contribution in [0.5, 0.6) is 0 Å². The summed E-state index contributed by atoms with van der Waals surface area (Å²) in [5.74, 6) is 0. The smallest absolute Gasteiger partial charge is 0.168 e. The summed E-state index contributed by atoms with van der Waals surface area (Å²) in [6.07, 6.45) is 7.08. The highest BCUT2D eigenvalue weighted by molar-refractivity contribution is 4.83. The maximum absolute atomic E-state index is 3.66. The first-order chi connectivity index (χ1) is 4.93. The Hall–Kier alpha value is -0.630. The Labute approximate surface area is 78.1 Å². The summed E-state index contributed by atoms with van der Waals surface area (Å²) >= 11 is 0. The van der Waals surface area contributed by atoms with Crippen molar-refractivity contribution in [3.05, 3.63) is 43.2 Å². The van der Waals surface area contributed by atoms with Crippen molar-refractivity contribution >= 4 is 0 Å². The minimum Gasteiger partial charge on any atom is -1.00 e. The molecule has 1 rings (SSSR count). The van der Waals surface area contributed by atoms with Gasteiger partial charge in [0.05, 0.1) is 0 Å². The van der Waals surface area contributed by atoms with E-state index < -0.39 is 0 Å². The number of rotatable bonds is 3. The summed E-state index contributed by atoms with van der Waals surface area (Å²) in [6, 6.07) is 6.08. The molecule has 0 aromatic carbocycles. The molecule has 0 aliphatic rings. The van der Waals surface area contributed by atoms with E-state index in [-0.39, 0.29) is 17.0 Å². The van der Waals surface area contributed by atoms with Crippen molar-refractivity contribution in [2.24, 2.45) is 0 Å². The molecule has 1 aromatic heterocycles. The van der Waals surface area contributed by atoms with E-state index in [0.717, 1.165) is 13.0 Å². The lowest BCUT2D eigenvalue weighted by atomic mass is 10.4. The van der Waals surface area contributed by atoms with Gasteiger partial charge in [-0.05, 0) is 0 Å². The molecule has 0 unspecified atom stereocenters. The molecule has 11 heavy (non-hydrogen) atoms. The predicted molar refractivity (Wildman–Crippen MR) is 41.5 cm³/mol. The number of hydrogen-bond acceptors (Lipinski definition) is 0. The van der Waals surface area contributed by atoms with Crippen LogP contribution in [0.4, 0.5) is 0 Å². The summed E-state index contributed by atoms with van der Waals surface area (Å²) in [5, 5.41) is 0. The van der Waals surface area contributed by atoms with Gasteiger partial charge in [0.15, 0.2) is 18.9 Å². The van der Waals surface area contributed by atoms with Crippen LogP contribution < -0.4 is 21.5 Å². The van der Waals surface area contributed by atoms with Gasteiger partial charge in [0, 0.05) is 18.6 Å². The van der Waals surface area contributed by atoms with Crippen LogP contribution in [0.2, 0.25) is 0 Å². The molecular weight excluding hydrogens is 202 g/mol. The molecule has 2 heteroatoms. The standard InChI is InChI=1S/C9H12N.BrH/c1-2-3-7-10-8-5-4-6-9-10;/h2,4-6,8-9H,1,3,7H2;1H/q+1;/p-1. The van der Waals surface area contributed by atoms with Gasteiger partial charge in [0.25, 0.3) is 0 Å². The summed E-state index contributed by atoms with van der Waals surface area (Å²) in [5.41, 5.74) is 0. The van der Waals surface area contributed by atoms with Gasteiger partial charge in [-0.2, -0.15) is 0 Å². The van der Waals surface area contributed by atoms with Gasteiger partial charge in [-0.1, -0.05) is 12.1 Å². The minimum atomic E-state index is 0. The van der Waals surface area contributed by atoms with Crippen LogP contribution in [0.3, 0.4) is 0 Å². The van der Waals surface area contributed by atoms with Crippen molar-refractivity contribution in [3.63, 3.8) is 0 Å². The largest absolute Gasteiger partial charge is 1.00 e. The lowest BCUT2D eigenvalue weighted by Gasteiger charge is -1.89. The Balaban J connectivity index is 0.000001000. The van der Waals surface area contributed by atoms with E-state index in [2.05, 4.69) is 23.5 Å². The number of aromatic nitrogens is 1. The average molecular weight is 214 g/mol. The van der Waals surface area contributed by atoms with E-state index in [9.17, 15) is 0 Å². The van der Waals surface area contributed by atoms with Gasteiger partial charge < -0.3 is 17.0 Å². The molecule has 0 aliphatic carbocycles. The van der Waals surface area contributed by atoms with Gasteiger partial charge in [0.1, 0.15) is 0 Å². The quantitative estimate of drug-likeness (QED) is 0.428. The highest BCUT2D eigenvalue weighted by Crippen LogP contribution is 1.81. The van der Waals surface area contributed by atoms with Crippen molar-refractivity contribution in [3.8, 4) is 0 Å². The van der Waals surface area contributed by atoms with E-state index in [1.165, 1.54) is 0 Å². The van der Waals surface area contributed by atoms with E-state index in [1.54, 1.807) is 0 Å². The van der Waals surface area contributed by atoms with E-state index in [4.69, 9.17) is 0 Å². The third-order valence-electron chi connectivity index (χ3n) is 1.37. The number of pyridine rings is 1. The van der Waals surface area contributed by atoms with Crippen molar-refractivity contribution in [1.82, 2.24) is 0 Å². The molecule has 1 aromatic rings. The van der Waals surface area contributed by atoms with Gasteiger partial charge in [-0.3, -0.25) is 0 Å². The number of hydrogen-bond donors (Lipinski definition) is 0. The minimum absolute atomic E-state index is 0. The van der Waals surface area contributed by atoms with Crippen molar-refractivity contribution in [2.75, 3.05) is 0 Å². The lowest BCUT2D eigenvalue weighted by Crippen LogP contribution is -3.00. The Morgan fingerprint density at radius 3 is 2.36 bits per heavy atom. The third kappa shape index (κ3) is 3.94. The number of aryl methyl sites for hydroxylation is 1. The Morgan fingerprint density at radius 2 is 1.82 bits per heavy atom. The molecule has 60 valence electrons. The zero-order valence-electron chi connectivity index (χ0n) is 6.41. The van der Waals surface area contributed by atoms with Gasteiger partial charge in [-0.25, -0.2) is 4.57 Å². The van der Waals surface area contributed by atoms with Gasteiger partial charge in [-0.15, -0.1) is 6.58 Å². The normalized spacial score (nSPS) is 8.36. The molecule has 1 heterocycles. The molecule has 0 bridgehead atoms. The summed E-state index contributed by atoms with van der Waals surface area (Å²) in [6.45, 7) is 4.69. The van der Waals surface area contributed by atoms with Crippen LogP contribution in [-0.2, 0) is 6.54 Å². The Bertz CT molecular complexity index is 196. The van der Waals surface area contributed by atoms with Crippen molar-refractivity contribution in [1.29, 1.82) is 0 Å². The van der Waals surface area contributed by atoms with Gasteiger partial charge in [0.2, 0.25) is 0 Å². The van der Waals surface area contributed by atoms with Crippen LogP contribution in [0.25, 0.3) is 0 Å². The zero-order chi connectivity index (χ0) is 7.23. The molecule has 0 saturated carbocycles. The predicted octanol–water partition coefficient (Wildman–Crippen LogP) is -1.45. The fourth-order valence-electron chi connectivity index (χ4n) is 0.824. The number of halogens is 1. The Morgan fingerprint density at radius 1 is 1.18 bits per heavy atom. The average Bonchev–Trinajstić information content (AvgIpc) is 2.03. The third-order valence-corrected chi connectivity index (χ3v) is 1.37. The summed E-state index contributed by atoms with van der Waals surface area (Å²) < 4.78 is 2.14. The summed E-state index contributed by atoms with van der Waals surface area (Å²) in [7, 11) is 0. The fraction of sp³-hybridized carbons (Fsp3) is 0.222. The molecule has 0 fully saturated rings. The van der Waals surface area contributed by atoms with Crippen LogP contribution in [0.1, 0.15) is 6.42 Å². The molecule has 0 spiro atoms. The van der Waals surface area contributed by atoms with Gasteiger partial charge >= 0.3 is 0 Å². The highest BCUT2D eigenvalue weighted by Gasteiger charge is 1.92. The Kier molecular flexibility index (Phi) is 5.75. The van der Waals surface area contributed by atoms with E-state index in [0.29, 0.717) is 0 Å². The van der Waals surface area contributed by atoms with Crippen LogP contribution >= 0.6 is 0 Å². The van der Waals surface area contributed by atoms with Crippen molar-refractivity contribution in [2.45, 2.75) is 13.0 Å². The van der Waals surface area contributed by atoms with Crippen LogP contribution in [0.15, 0.2) is 43.2 Å². The first-order valence-corrected chi connectivity index (χ1v) is 3.48. The highest BCUT2D eigenvalue weighted by atomic mass is 79.9. The lowest BCUT2D eigenvalue weighted by molar-refractivity contribution is -0.696. The second-order valence-corrected chi connectivity index (χ2v) is 2.19. The molecular formula is C9H12BrN. The number of nitrogens with zero attached hydrogens (tertiary/aromatic N) is 1.